The number of nitrogens with zero attached hydrogens (tertiary/aromatic N) is 2. The zero-order valence-electron chi connectivity index (χ0n) is 18.8. The van der Waals surface area contributed by atoms with Crippen molar-refractivity contribution in [3.05, 3.63) is 83.2 Å². The number of aliphatic hydroxyl groups excluding tert-OH is 1. The number of aliphatic hydroxyl groups is 1. The third-order valence-corrected chi connectivity index (χ3v) is 4.84. The summed E-state index contributed by atoms with van der Waals surface area (Å²) in [7, 11) is 1.54. The van der Waals surface area contributed by atoms with Gasteiger partial charge in [-0.15, -0.1) is 0 Å². The molecule has 2 aromatic carbocycles. The summed E-state index contributed by atoms with van der Waals surface area (Å²) >= 11 is 0. The second-order valence-corrected chi connectivity index (χ2v) is 7.43. The summed E-state index contributed by atoms with van der Waals surface area (Å²) < 4.78 is 28.1. The molecular formula is C24H28F2N4O4. The largest absolute Gasteiger partial charge is 0.395 e. The molecule has 3 amide bonds. The van der Waals surface area contributed by atoms with E-state index >= 15 is 0 Å². The maximum absolute atomic E-state index is 14.0. The number of likely N-dealkylation sites (N-methyl/N-ethyl adjacent to an activating group) is 1. The van der Waals surface area contributed by atoms with Gasteiger partial charge in [0.05, 0.1) is 19.7 Å². The Morgan fingerprint density at radius 1 is 1.06 bits per heavy atom. The lowest BCUT2D eigenvalue weighted by molar-refractivity contribution is -0.128. The van der Waals surface area contributed by atoms with Gasteiger partial charge in [-0.3, -0.25) is 14.4 Å². The molecule has 0 aliphatic carbocycles. The topological polar surface area (TPSA) is 102 Å². The fraction of sp³-hybridized carbons (Fsp3) is 0.292. The van der Waals surface area contributed by atoms with Crippen LogP contribution in [0.3, 0.4) is 0 Å². The van der Waals surface area contributed by atoms with E-state index in [4.69, 9.17) is 5.11 Å². The Morgan fingerprint density at radius 3 is 2.35 bits per heavy atom. The van der Waals surface area contributed by atoms with Crippen molar-refractivity contribution in [1.82, 2.24) is 20.4 Å². The van der Waals surface area contributed by atoms with Crippen LogP contribution >= 0.6 is 0 Å². The number of hydrogen-bond acceptors (Lipinski definition) is 5. The Labute approximate surface area is 196 Å². The Kier molecular flexibility index (Phi) is 10.8. The third kappa shape index (κ3) is 8.38. The predicted octanol–water partition coefficient (Wildman–Crippen LogP) is 1.16. The summed E-state index contributed by atoms with van der Waals surface area (Å²) in [4.78, 5) is 39.2. The van der Waals surface area contributed by atoms with E-state index in [-0.39, 0.29) is 31.0 Å². The summed E-state index contributed by atoms with van der Waals surface area (Å²) in [6.07, 6.45) is 1.91. The van der Waals surface area contributed by atoms with E-state index in [2.05, 4.69) is 10.6 Å². The SMILES string of the molecule is CN(CCc1ccccc1)C(=O)/C(=C\N(C=O)Cc1c(F)cccc1F)NC(=O)CNCCO. The highest BCUT2D eigenvalue weighted by Crippen LogP contribution is 2.15. The highest BCUT2D eigenvalue weighted by atomic mass is 19.1. The second kappa shape index (κ2) is 13.8. The zero-order valence-corrected chi connectivity index (χ0v) is 18.8. The van der Waals surface area contributed by atoms with Crippen molar-refractivity contribution in [2.75, 3.05) is 33.3 Å². The average Bonchev–Trinajstić information content (AvgIpc) is 2.83. The van der Waals surface area contributed by atoms with Crippen molar-refractivity contribution in [2.45, 2.75) is 13.0 Å². The van der Waals surface area contributed by atoms with E-state index in [9.17, 15) is 23.2 Å². The molecule has 0 aromatic heterocycles. The van der Waals surface area contributed by atoms with Crippen molar-refractivity contribution in [2.24, 2.45) is 0 Å². The van der Waals surface area contributed by atoms with Crippen LogP contribution in [0.25, 0.3) is 0 Å². The summed E-state index contributed by atoms with van der Waals surface area (Å²) in [6, 6.07) is 12.8. The molecule has 10 heteroatoms. The van der Waals surface area contributed by atoms with Crippen LogP contribution in [-0.2, 0) is 27.3 Å². The molecule has 0 saturated carbocycles. The Hall–Kier alpha value is -3.63. The number of carbonyl (C=O) groups is 3. The van der Waals surface area contributed by atoms with Crippen LogP contribution < -0.4 is 10.6 Å². The van der Waals surface area contributed by atoms with E-state index in [0.29, 0.717) is 19.4 Å². The lowest BCUT2D eigenvalue weighted by Crippen LogP contribution is -2.41. The van der Waals surface area contributed by atoms with Gasteiger partial charge in [-0.1, -0.05) is 36.4 Å². The molecule has 0 atom stereocenters. The first-order chi connectivity index (χ1) is 16.3. The maximum atomic E-state index is 14.0. The van der Waals surface area contributed by atoms with E-state index < -0.39 is 30.0 Å². The number of amides is 3. The molecule has 0 unspecified atom stereocenters. The molecule has 34 heavy (non-hydrogen) atoms. The average molecular weight is 475 g/mol. The normalized spacial score (nSPS) is 11.1. The molecule has 0 radical (unpaired) electrons. The maximum Gasteiger partial charge on any atom is 0.271 e. The molecule has 0 fully saturated rings. The van der Waals surface area contributed by atoms with Gasteiger partial charge in [0.15, 0.2) is 0 Å². The molecule has 182 valence electrons. The molecule has 0 aliphatic heterocycles. The van der Waals surface area contributed by atoms with E-state index in [1.54, 1.807) is 0 Å². The smallest absolute Gasteiger partial charge is 0.271 e. The first-order valence-electron chi connectivity index (χ1n) is 10.6. The third-order valence-electron chi connectivity index (χ3n) is 4.84. The Morgan fingerprint density at radius 2 is 1.74 bits per heavy atom. The molecule has 0 heterocycles. The van der Waals surface area contributed by atoms with E-state index in [0.717, 1.165) is 28.8 Å². The molecule has 0 spiro atoms. The van der Waals surface area contributed by atoms with Gasteiger partial charge in [0.25, 0.3) is 5.91 Å². The van der Waals surface area contributed by atoms with Crippen molar-refractivity contribution in [1.29, 1.82) is 0 Å². The van der Waals surface area contributed by atoms with Crippen molar-refractivity contribution in [3.63, 3.8) is 0 Å². The molecule has 0 bridgehead atoms. The summed E-state index contributed by atoms with van der Waals surface area (Å²) in [6.45, 7) is -0.358. The van der Waals surface area contributed by atoms with Crippen LogP contribution in [0.4, 0.5) is 8.78 Å². The quantitative estimate of drug-likeness (QED) is 0.230. The summed E-state index contributed by atoms with van der Waals surface area (Å²) in [5.74, 6) is -2.87. The van der Waals surface area contributed by atoms with E-state index in [1.807, 2.05) is 30.3 Å². The van der Waals surface area contributed by atoms with Crippen LogP contribution in [0, 0.1) is 11.6 Å². The predicted molar refractivity (Wildman–Crippen MR) is 122 cm³/mol. The number of halogens is 2. The van der Waals surface area contributed by atoms with Crippen LogP contribution in [0.1, 0.15) is 11.1 Å². The highest BCUT2D eigenvalue weighted by molar-refractivity contribution is 5.97. The summed E-state index contributed by atoms with van der Waals surface area (Å²) in [5, 5.41) is 14.0. The van der Waals surface area contributed by atoms with Gasteiger partial charge in [0, 0.05) is 31.9 Å². The molecular weight excluding hydrogens is 446 g/mol. The molecule has 0 saturated heterocycles. The first-order valence-corrected chi connectivity index (χ1v) is 10.6. The minimum Gasteiger partial charge on any atom is -0.395 e. The number of nitrogens with one attached hydrogen (secondary N) is 2. The molecule has 2 aromatic rings. The second-order valence-electron chi connectivity index (χ2n) is 7.43. The molecule has 0 aliphatic rings. The van der Waals surface area contributed by atoms with E-state index in [1.165, 1.54) is 18.0 Å². The van der Waals surface area contributed by atoms with Gasteiger partial charge < -0.3 is 25.5 Å². The van der Waals surface area contributed by atoms with Crippen LogP contribution in [-0.4, -0.2) is 66.4 Å². The van der Waals surface area contributed by atoms with Gasteiger partial charge in [-0.2, -0.15) is 0 Å². The molecule has 8 nitrogen and oxygen atoms in total. The monoisotopic (exact) mass is 474 g/mol. The fourth-order valence-corrected chi connectivity index (χ4v) is 3.01. The number of carbonyl (C=O) groups excluding carboxylic acids is 3. The minimum absolute atomic E-state index is 0.171. The minimum atomic E-state index is -0.842. The Bertz CT molecular complexity index is 981. The lowest BCUT2D eigenvalue weighted by atomic mass is 10.1. The highest BCUT2D eigenvalue weighted by Gasteiger charge is 2.20. The first kappa shape index (κ1) is 26.6. The molecule has 2 rings (SSSR count). The van der Waals surface area contributed by atoms with Crippen molar-refractivity contribution < 1.29 is 28.3 Å². The van der Waals surface area contributed by atoms with Crippen molar-refractivity contribution in [3.8, 4) is 0 Å². The number of hydrogen-bond donors (Lipinski definition) is 3. The van der Waals surface area contributed by atoms with Crippen LogP contribution in [0.15, 0.2) is 60.4 Å². The van der Waals surface area contributed by atoms with Crippen LogP contribution in [0.5, 0.6) is 0 Å². The Balaban J connectivity index is 2.21. The number of rotatable bonds is 13. The van der Waals surface area contributed by atoms with Gasteiger partial charge in [-0.05, 0) is 24.1 Å². The summed E-state index contributed by atoms with van der Waals surface area (Å²) in [5.41, 5.74) is 0.413. The van der Waals surface area contributed by atoms with Gasteiger partial charge in [-0.25, -0.2) is 8.78 Å². The standard InChI is InChI=1S/C24H28F2N4O4/c1-29(12-10-18-6-3-2-4-7-18)24(34)22(28-23(33)14-27-11-13-31)16-30(17-32)15-19-20(25)8-5-9-21(19)26/h2-9,16-17,27,31H,10-15H2,1H3,(H,28,33)/b22-16+. The van der Waals surface area contributed by atoms with Crippen LogP contribution in [0.2, 0.25) is 0 Å². The number of benzene rings is 2. The molecule has 3 N–H and O–H groups in total. The lowest BCUT2D eigenvalue weighted by Gasteiger charge is -2.22. The van der Waals surface area contributed by atoms with Crippen molar-refractivity contribution >= 4 is 18.2 Å². The van der Waals surface area contributed by atoms with Gasteiger partial charge >= 0.3 is 0 Å². The zero-order chi connectivity index (χ0) is 24.9. The fourth-order valence-electron chi connectivity index (χ4n) is 3.01. The van der Waals surface area contributed by atoms with Gasteiger partial charge in [0.2, 0.25) is 12.3 Å². The van der Waals surface area contributed by atoms with Gasteiger partial charge in [0.1, 0.15) is 17.3 Å².